The summed E-state index contributed by atoms with van der Waals surface area (Å²) in [5.41, 5.74) is 5.29. The van der Waals surface area contributed by atoms with Crippen LogP contribution in [0.15, 0.2) is 97.1 Å². The molecule has 5 rings (SSSR count). The molecule has 1 heterocycles. The molecule has 0 aromatic heterocycles. The third kappa shape index (κ3) is 10.7. The van der Waals surface area contributed by atoms with Crippen LogP contribution in [0.2, 0.25) is 0 Å². The molecule has 10 heteroatoms. The molecule has 9 nitrogen and oxygen atoms in total. The molecule has 0 aliphatic carbocycles. The zero-order chi connectivity index (χ0) is 35.5. The van der Waals surface area contributed by atoms with Crippen LogP contribution < -0.4 is 15.0 Å². The molecule has 1 aliphatic rings. The van der Waals surface area contributed by atoms with E-state index < -0.39 is 12.0 Å². The molecular formula is C41H49ClN4O5. The van der Waals surface area contributed by atoms with Crippen molar-refractivity contribution in [1.82, 2.24) is 9.80 Å². The Kier molecular flexibility index (Phi) is 14.6. The van der Waals surface area contributed by atoms with Crippen molar-refractivity contribution < 1.29 is 24.2 Å². The number of likely N-dealkylation sites (N-methyl/N-ethyl adjacent to an activating group) is 1. The van der Waals surface area contributed by atoms with Crippen LogP contribution in [0.5, 0.6) is 5.75 Å². The van der Waals surface area contributed by atoms with Crippen molar-refractivity contribution >= 4 is 41.6 Å². The van der Waals surface area contributed by atoms with Gasteiger partial charge in [0.25, 0.3) is 11.8 Å². The van der Waals surface area contributed by atoms with E-state index in [4.69, 9.17) is 4.74 Å². The highest BCUT2D eigenvalue weighted by Gasteiger charge is 2.27. The van der Waals surface area contributed by atoms with E-state index in [-0.39, 0.29) is 24.2 Å². The Balaban J connectivity index is 0.00000583. The quantitative estimate of drug-likeness (QED) is 0.122. The summed E-state index contributed by atoms with van der Waals surface area (Å²) < 4.78 is 6.12. The number of carboxylic acid groups (broad SMARTS) is 1. The van der Waals surface area contributed by atoms with E-state index in [0.29, 0.717) is 41.3 Å². The van der Waals surface area contributed by atoms with Crippen LogP contribution in [0.3, 0.4) is 0 Å². The van der Waals surface area contributed by atoms with Gasteiger partial charge in [0.15, 0.2) is 0 Å². The van der Waals surface area contributed by atoms with Crippen LogP contribution in [0.1, 0.15) is 58.4 Å². The van der Waals surface area contributed by atoms with Gasteiger partial charge in [-0.05, 0) is 80.4 Å². The van der Waals surface area contributed by atoms with Gasteiger partial charge in [0.1, 0.15) is 11.8 Å². The van der Waals surface area contributed by atoms with Crippen molar-refractivity contribution in [1.29, 1.82) is 0 Å². The molecule has 2 N–H and O–H groups in total. The largest absolute Gasteiger partial charge is 0.491 e. The second-order valence-electron chi connectivity index (χ2n) is 13.0. The summed E-state index contributed by atoms with van der Waals surface area (Å²) in [4.78, 5) is 44.6. The zero-order valence-electron chi connectivity index (χ0n) is 29.7. The minimum atomic E-state index is -0.730. The van der Waals surface area contributed by atoms with Gasteiger partial charge in [-0.3, -0.25) is 19.3 Å². The van der Waals surface area contributed by atoms with E-state index in [1.807, 2.05) is 79.7 Å². The summed E-state index contributed by atoms with van der Waals surface area (Å²) in [6, 6.07) is 29.6. The Morgan fingerprint density at radius 1 is 0.824 bits per heavy atom. The zero-order valence-corrected chi connectivity index (χ0v) is 30.5. The number of nitrogens with one attached hydrogen (secondary N) is 1. The van der Waals surface area contributed by atoms with E-state index in [1.165, 1.54) is 0 Å². The number of carbonyl (C=O) groups excluding carboxylic acids is 2. The monoisotopic (exact) mass is 712 g/mol. The van der Waals surface area contributed by atoms with E-state index in [1.54, 1.807) is 36.2 Å². The van der Waals surface area contributed by atoms with Crippen molar-refractivity contribution in [3.05, 3.63) is 114 Å². The van der Waals surface area contributed by atoms with Crippen molar-refractivity contribution in [3.63, 3.8) is 0 Å². The minimum Gasteiger partial charge on any atom is -0.491 e. The number of rotatable bonds is 15. The van der Waals surface area contributed by atoms with Gasteiger partial charge in [0.05, 0.1) is 12.3 Å². The molecule has 1 fully saturated rings. The molecule has 4 aromatic carbocycles. The van der Waals surface area contributed by atoms with Crippen molar-refractivity contribution in [3.8, 4) is 16.9 Å². The van der Waals surface area contributed by atoms with Crippen LogP contribution >= 0.6 is 12.4 Å². The molecule has 0 bridgehead atoms. The number of hydrogen-bond donors (Lipinski definition) is 2. The summed E-state index contributed by atoms with van der Waals surface area (Å²) in [6.45, 7) is 5.93. The van der Waals surface area contributed by atoms with E-state index in [2.05, 4.69) is 22.2 Å². The fraction of sp³-hybridized carbons (Fsp3) is 0.341. The lowest BCUT2D eigenvalue weighted by molar-refractivity contribution is -0.144. The highest BCUT2D eigenvalue weighted by atomic mass is 35.5. The Hall–Kier alpha value is -4.70. The van der Waals surface area contributed by atoms with Gasteiger partial charge >= 0.3 is 5.97 Å². The number of aliphatic carboxylic acids is 1. The number of halogens is 1. The van der Waals surface area contributed by atoms with Gasteiger partial charge in [-0.1, -0.05) is 79.4 Å². The molecule has 0 saturated carbocycles. The first-order valence-electron chi connectivity index (χ1n) is 17.4. The molecule has 1 unspecified atom stereocenters. The van der Waals surface area contributed by atoms with E-state index in [9.17, 15) is 19.5 Å². The lowest BCUT2D eigenvalue weighted by Crippen LogP contribution is -2.51. The second-order valence-corrected chi connectivity index (χ2v) is 13.0. The minimum absolute atomic E-state index is 0. The maximum atomic E-state index is 13.5. The summed E-state index contributed by atoms with van der Waals surface area (Å²) in [5.74, 6) is -0.525. The maximum Gasteiger partial charge on any atom is 0.320 e. The third-order valence-corrected chi connectivity index (χ3v) is 9.35. The lowest BCUT2D eigenvalue weighted by Gasteiger charge is -2.36. The van der Waals surface area contributed by atoms with Gasteiger partial charge in [0.2, 0.25) is 0 Å². The number of para-hydroxylation sites is 2. The van der Waals surface area contributed by atoms with E-state index >= 15 is 0 Å². The number of unbranched alkanes of at least 4 members (excludes halogenated alkanes) is 3. The molecule has 270 valence electrons. The predicted octanol–water partition coefficient (Wildman–Crippen LogP) is 7.64. The Labute approximate surface area is 307 Å². The first-order valence-corrected chi connectivity index (χ1v) is 17.4. The molecule has 1 atom stereocenters. The summed E-state index contributed by atoms with van der Waals surface area (Å²) in [7, 11) is 3.79. The van der Waals surface area contributed by atoms with Crippen LogP contribution in [0, 0.1) is 6.92 Å². The smallest absolute Gasteiger partial charge is 0.320 e. The van der Waals surface area contributed by atoms with Crippen molar-refractivity contribution in [2.45, 2.75) is 45.1 Å². The van der Waals surface area contributed by atoms with Crippen molar-refractivity contribution in [2.24, 2.45) is 0 Å². The highest BCUT2D eigenvalue weighted by molar-refractivity contribution is 6.09. The number of nitrogens with zero attached hydrogens (tertiary/aromatic N) is 3. The van der Waals surface area contributed by atoms with Gasteiger partial charge in [-0.2, -0.15) is 0 Å². The van der Waals surface area contributed by atoms with E-state index in [0.717, 1.165) is 68.6 Å². The van der Waals surface area contributed by atoms with Crippen LogP contribution in [-0.4, -0.2) is 85.6 Å². The molecule has 0 radical (unpaired) electrons. The number of hydrogen-bond acceptors (Lipinski definition) is 6. The SMILES string of the molecule is Cc1ccc(-c2ccccc2C(=O)Nc2ccc(C(=O)N(C)c3ccccc3OCCCCCCC(C(=O)O)N3CCN(C)CC3)cc2)cc1.Cl. The average molecular weight is 713 g/mol. The number of benzene rings is 4. The summed E-state index contributed by atoms with van der Waals surface area (Å²) in [5, 5.41) is 12.7. The maximum absolute atomic E-state index is 13.5. The van der Waals surface area contributed by atoms with Crippen LogP contribution in [0.4, 0.5) is 11.4 Å². The number of amides is 2. The van der Waals surface area contributed by atoms with Gasteiger partial charge in [-0.15, -0.1) is 12.4 Å². The van der Waals surface area contributed by atoms with Crippen LogP contribution in [-0.2, 0) is 4.79 Å². The first-order chi connectivity index (χ1) is 24.2. The molecule has 0 spiro atoms. The number of piperazine rings is 1. The fourth-order valence-corrected chi connectivity index (χ4v) is 6.29. The third-order valence-electron chi connectivity index (χ3n) is 9.35. The lowest BCUT2D eigenvalue weighted by atomic mass is 9.98. The molecule has 1 aliphatic heterocycles. The highest BCUT2D eigenvalue weighted by Crippen LogP contribution is 2.29. The molecule has 51 heavy (non-hydrogen) atoms. The normalized spacial score (nSPS) is 13.9. The summed E-state index contributed by atoms with van der Waals surface area (Å²) in [6.07, 6.45) is 4.23. The second kappa shape index (κ2) is 19.1. The molecule has 4 aromatic rings. The molecular weight excluding hydrogens is 664 g/mol. The van der Waals surface area contributed by atoms with Crippen molar-refractivity contribution in [2.75, 3.05) is 57.1 Å². The first kappa shape index (κ1) is 39.1. The van der Waals surface area contributed by atoms with Crippen LogP contribution in [0.25, 0.3) is 11.1 Å². The molecule has 2 amide bonds. The predicted molar refractivity (Wildman–Crippen MR) is 207 cm³/mol. The van der Waals surface area contributed by atoms with Gasteiger partial charge in [-0.25, -0.2) is 0 Å². The van der Waals surface area contributed by atoms with Gasteiger partial charge < -0.3 is 25.0 Å². The fourth-order valence-electron chi connectivity index (χ4n) is 6.29. The topological polar surface area (TPSA) is 102 Å². The number of carbonyl (C=O) groups is 3. The van der Waals surface area contributed by atoms with Gasteiger partial charge in [0, 0.05) is 50.0 Å². The number of aryl methyl sites for hydroxylation is 1. The molecule has 1 saturated heterocycles. The number of anilines is 2. The number of ether oxygens (including phenoxy) is 1. The Morgan fingerprint density at radius 3 is 2.18 bits per heavy atom. The number of carboxylic acids is 1. The Morgan fingerprint density at radius 2 is 1.47 bits per heavy atom. The summed E-state index contributed by atoms with van der Waals surface area (Å²) >= 11 is 0. The Bertz CT molecular complexity index is 1740. The standard InChI is InChI=1S/C41H48N4O5.ClH/c1-30-17-19-31(20-18-30)34-12-7-8-13-35(34)39(46)42-33-23-21-32(22-24-33)40(47)44(3)36-14-9-10-16-38(36)50-29-11-5-4-6-15-37(41(48)49)45-27-25-43(2)26-28-45;/h7-10,12-14,16-24,37H,4-6,11,15,25-29H2,1-3H3,(H,42,46)(H,48,49);1H. The average Bonchev–Trinajstić information content (AvgIpc) is 3.13.